The topological polar surface area (TPSA) is 16.1 Å². The molecule has 1 heterocycles. The summed E-state index contributed by atoms with van der Waals surface area (Å²) in [5.74, 6) is 0.544. The lowest BCUT2D eigenvalue weighted by Gasteiger charge is -2.15. The first-order valence-electron chi connectivity index (χ1n) is 6.33. The van der Waals surface area contributed by atoms with Gasteiger partial charge in [0, 0.05) is 13.6 Å². The molecule has 0 unspecified atom stereocenters. The van der Waals surface area contributed by atoms with Crippen LogP contribution in [-0.2, 0) is 0 Å². The van der Waals surface area contributed by atoms with Crippen LogP contribution in [0, 0.1) is 11.7 Å². The fourth-order valence-corrected chi connectivity index (χ4v) is 2.86. The molecule has 0 aliphatic rings. The van der Waals surface area contributed by atoms with Crippen molar-refractivity contribution in [3.05, 3.63) is 24.0 Å². The number of rotatable bonds is 5. The van der Waals surface area contributed by atoms with E-state index in [1.54, 1.807) is 23.5 Å². The molecule has 0 aliphatic carbocycles. The van der Waals surface area contributed by atoms with Gasteiger partial charge in [-0.3, -0.25) is 0 Å². The fraction of sp³-hybridized carbons (Fsp3) is 0.500. The lowest BCUT2D eigenvalue weighted by atomic mass is 10.1. The fourth-order valence-electron chi connectivity index (χ4n) is 1.88. The minimum absolute atomic E-state index is 0.194. The minimum atomic E-state index is -0.194. The van der Waals surface area contributed by atoms with Crippen LogP contribution in [0.2, 0.25) is 0 Å². The summed E-state index contributed by atoms with van der Waals surface area (Å²) in [6.45, 7) is 5.47. The largest absolute Gasteiger partial charge is 0.351 e. The van der Waals surface area contributed by atoms with E-state index in [0.717, 1.165) is 27.8 Å². The van der Waals surface area contributed by atoms with Gasteiger partial charge in [-0.05, 0) is 37.0 Å². The molecule has 2 rings (SSSR count). The van der Waals surface area contributed by atoms with Crippen LogP contribution in [-0.4, -0.2) is 18.6 Å². The number of fused-ring (bicyclic) bond motifs is 1. The molecule has 4 heteroatoms. The van der Waals surface area contributed by atoms with Crippen molar-refractivity contribution in [1.82, 2.24) is 4.98 Å². The predicted molar refractivity (Wildman–Crippen MR) is 76.9 cm³/mol. The Morgan fingerprint density at radius 3 is 2.89 bits per heavy atom. The summed E-state index contributed by atoms with van der Waals surface area (Å²) in [4.78, 5) is 6.69. The Hall–Kier alpha value is -1.16. The molecule has 2 aromatic rings. The van der Waals surface area contributed by atoms with Gasteiger partial charge in [-0.15, -0.1) is 0 Å². The maximum absolute atomic E-state index is 13.1. The van der Waals surface area contributed by atoms with Gasteiger partial charge in [0.05, 0.1) is 10.2 Å². The smallest absolute Gasteiger partial charge is 0.186 e. The van der Waals surface area contributed by atoms with Crippen LogP contribution in [0.25, 0.3) is 10.2 Å². The molecular weight excluding hydrogens is 247 g/mol. The van der Waals surface area contributed by atoms with E-state index in [1.807, 2.05) is 7.05 Å². The molecule has 18 heavy (non-hydrogen) atoms. The second-order valence-electron chi connectivity index (χ2n) is 5.07. The van der Waals surface area contributed by atoms with E-state index in [9.17, 15) is 4.39 Å². The highest BCUT2D eigenvalue weighted by Crippen LogP contribution is 2.28. The first-order valence-corrected chi connectivity index (χ1v) is 7.15. The molecular formula is C14H19FN2S. The SMILES string of the molecule is CC(C)CCCN(C)c1nc2ccc(F)cc2s1. The number of halogens is 1. The second kappa shape index (κ2) is 5.65. The standard InChI is InChI=1S/C14H19FN2S/c1-10(2)5-4-8-17(3)14-16-12-7-6-11(15)9-13(12)18-14/h6-7,9-10H,4-5,8H2,1-3H3. The Kier molecular flexibility index (Phi) is 4.17. The Morgan fingerprint density at radius 1 is 1.39 bits per heavy atom. The first kappa shape index (κ1) is 13.3. The van der Waals surface area contributed by atoms with Gasteiger partial charge in [0.2, 0.25) is 0 Å². The van der Waals surface area contributed by atoms with E-state index < -0.39 is 0 Å². The van der Waals surface area contributed by atoms with Crippen LogP contribution in [0.1, 0.15) is 26.7 Å². The van der Waals surface area contributed by atoms with Crippen LogP contribution in [0.5, 0.6) is 0 Å². The number of anilines is 1. The van der Waals surface area contributed by atoms with E-state index in [2.05, 4.69) is 23.7 Å². The summed E-state index contributed by atoms with van der Waals surface area (Å²) >= 11 is 1.55. The van der Waals surface area contributed by atoms with Crippen molar-refractivity contribution >= 4 is 26.7 Å². The Labute approximate surface area is 111 Å². The zero-order valence-electron chi connectivity index (χ0n) is 11.1. The summed E-state index contributed by atoms with van der Waals surface area (Å²) in [6.07, 6.45) is 2.39. The maximum Gasteiger partial charge on any atom is 0.186 e. The summed E-state index contributed by atoms with van der Waals surface area (Å²) in [7, 11) is 2.05. The maximum atomic E-state index is 13.1. The molecule has 0 aliphatic heterocycles. The molecule has 0 N–H and O–H groups in total. The van der Waals surface area contributed by atoms with Crippen LogP contribution in [0.3, 0.4) is 0 Å². The highest BCUT2D eigenvalue weighted by Gasteiger charge is 2.09. The lowest BCUT2D eigenvalue weighted by molar-refractivity contribution is 0.555. The number of aromatic nitrogens is 1. The second-order valence-corrected chi connectivity index (χ2v) is 6.08. The summed E-state index contributed by atoms with van der Waals surface area (Å²) in [5.41, 5.74) is 0.882. The van der Waals surface area contributed by atoms with Crippen molar-refractivity contribution < 1.29 is 4.39 Å². The third-order valence-corrected chi connectivity index (χ3v) is 4.07. The van der Waals surface area contributed by atoms with Gasteiger partial charge in [-0.1, -0.05) is 25.2 Å². The molecule has 0 atom stereocenters. The van der Waals surface area contributed by atoms with Crippen LogP contribution in [0.4, 0.5) is 9.52 Å². The summed E-state index contributed by atoms with van der Waals surface area (Å²) in [5, 5.41) is 0.972. The minimum Gasteiger partial charge on any atom is -0.351 e. The summed E-state index contributed by atoms with van der Waals surface area (Å²) < 4.78 is 14.0. The average molecular weight is 266 g/mol. The van der Waals surface area contributed by atoms with Gasteiger partial charge in [0.15, 0.2) is 5.13 Å². The third kappa shape index (κ3) is 3.19. The highest BCUT2D eigenvalue weighted by atomic mass is 32.1. The van der Waals surface area contributed by atoms with Crippen molar-refractivity contribution in [3.8, 4) is 0 Å². The van der Waals surface area contributed by atoms with Gasteiger partial charge >= 0.3 is 0 Å². The first-order chi connectivity index (χ1) is 8.56. The van der Waals surface area contributed by atoms with Gasteiger partial charge in [0.1, 0.15) is 5.82 Å². The lowest BCUT2D eigenvalue weighted by Crippen LogP contribution is -2.18. The van der Waals surface area contributed by atoms with E-state index in [1.165, 1.54) is 18.9 Å². The Balaban J connectivity index is 2.06. The molecule has 1 aromatic heterocycles. The molecule has 2 nitrogen and oxygen atoms in total. The van der Waals surface area contributed by atoms with E-state index >= 15 is 0 Å². The van der Waals surface area contributed by atoms with Gasteiger partial charge in [-0.25, -0.2) is 9.37 Å². The van der Waals surface area contributed by atoms with Crippen molar-refractivity contribution in [2.75, 3.05) is 18.5 Å². The zero-order chi connectivity index (χ0) is 13.1. The van der Waals surface area contributed by atoms with Crippen LogP contribution in [0.15, 0.2) is 18.2 Å². The van der Waals surface area contributed by atoms with E-state index in [0.29, 0.717) is 0 Å². The number of hydrogen-bond acceptors (Lipinski definition) is 3. The molecule has 0 fully saturated rings. The van der Waals surface area contributed by atoms with Gasteiger partial charge < -0.3 is 4.90 Å². The third-order valence-electron chi connectivity index (χ3n) is 2.94. The van der Waals surface area contributed by atoms with Gasteiger partial charge in [0.25, 0.3) is 0 Å². The molecule has 1 aromatic carbocycles. The number of benzene rings is 1. The van der Waals surface area contributed by atoms with Gasteiger partial charge in [-0.2, -0.15) is 0 Å². The molecule has 0 spiro atoms. The number of hydrogen-bond donors (Lipinski definition) is 0. The van der Waals surface area contributed by atoms with Crippen LogP contribution >= 0.6 is 11.3 Å². The quantitative estimate of drug-likeness (QED) is 0.801. The number of thiazole rings is 1. The van der Waals surface area contributed by atoms with Crippen molar-refractivity contribution in [3.63, 3.8) is 0 Å². The molecule has 0 radical (unpaired) electrons. The molecule has 0 saturated carbocycles. The molecule has 0 bridgehead atoms. The normalized spacial score (nSPS) is 11.4. The highest BCUT2D eigenvalue weighted by molar-refractivity contribution is 7.22. The van der Waals surface area contributed by atoms with Crippen molar-refractivity contribution in [2.24, 2.45) is 5.92 Å². The van der Waals surface area contributed by atoms with Crippen LogP contribution < -0.4 is 4.90 Å². The predicted octanol–water partition coefficient (Wildman–Crippen LogP) is 4.31. The van der Waals surface area contributed by atoms with Crippen molar-refractivity contribution in [1.29, 1.82) is 0 Å². The average Bonchev–Trinajstić information content (AvgIpc) is 2.71. The Morgan fingerprint density at radius 2 is 2.17 bits per heavy atom. The van der Waals surface area contributed by atoms with E-state index in [4.69, 9.17) is 0 Å². The molecule has 0 saturated heterocycles. The molecule has 0 amide bonds. The monoisotopic (exact) mass is 266 g/mol. The zero-order valence-corrected chi connectivity index (χ0v) is 11.9. The molecule has 98 valence electrons. The number of nitrogens with zero attached hydrogens (tertiary/aromatic N) is 2. The Bertz CT molecular complexity index is 521. The summed E-state index contributed by atoms with van der Waals surface area (Å²) in [6, 6.07) is 4.76. The van der Waals surface area contributed by atoms with E-state index in [-0.39, 0.29) is 5.82 Å². The van der Waals surface area contributed by atoms with Crippen molar-refractivity contribution in [2.45, 2.75) is 26.7 Å².